The fourth-order valence-electron chi connectivity index (χ4n) is 2.10. The third-order valence-corrected chi connectivity index (χ3v) is 2.89. The molecule has 0 saturated carbocycles. The molecule has 1 aromatic rings. The Balaban J connectivity index is 2.44. The van der Waals surface area contributed by atoms with Crippen molar-refractivity contribution in [1.82, 2.24) is 4.48 Å². The molecule has 0 amide bonds. The molecule has 0 spiro atoms. The zero-order valence-corrected chi connectivity index (χ0v) is 7.96. The van der Waals surface area contributed by atoms with Gasteiger partial charge in [0, 0.05) is 12.0 Å². The number of nitrogens with zero attached hydrogens (tertiary/aromatic N) is 1. The van der Waals surface area contributed by atoms with Gasteiger partial charge in [0.15, 0.2) is 0 Å². The topological polar surface area (TPSA) is 0 Å². The molecule has 1 aliphatic rings. The first-order valence-corrected chi connectivity index (χ1v) is 4.63. The highest BCUT2D eigenvalue weighted by molar-refractivity contribution is 5.54. The van der Waals surface area contributed by atoms with Crippen molar-refractivity contribution >= 4 is 5.69 Å². The van der Waals surface area contributed by atoms with Gasteiger partial charge in [-0.3, -0.25) is 4.48 Å². The number of para-hydroxylation sites is 1. The standard InChI is InChI=1S/C12H14N/c1-3-9-13(2)10-8-11-6-4-5-7-12(11)13/h1,4-7H,8-10H2,2H3/q+1/t13-/m0/s1. The van der Waals surface area contributed by atoms with Gasteiger partial charge in [0.25, 0.3) is 0 Å². The maximum absolute atomic E-state index is 5.39. The van der Waals surface area contributed by atoms with Crippen molar-refractivity contribution < 1.29 is 0 Å². The van der Waals surface area contributed by atoms with E-state index >= 15 is 0 Å². The Labute approximate surface area is 79.6 Å². The monoisotopic (exact) mass is 172 g/mol. The van der Waals surface area contributed by atoms with Crippen LogP contribution in [-0.2, 0) is 6.42 Å². The third kappa shape index (κ3) is 1.24. The van der Waals surface area contributed by atoms with E-state index in [1.54, 1.807) is 0 Å². The summed E-state index contributed by atoms with van der Waals surface area (Å²) >= 11 is 0. The molecule has 0 aromatic heterocycles. The Hall–Kier alpha value is -1.26. The van der Waals surface area contributed by atoms with Gasteiger partial charge in [0.2, 0.25) is 0 Å². The Morgan fingerprint density at radius 3 is 3.00 bits per heavy atom. The predicted molar refractivity (Wildman–Crippen MR) is 56.4 cm³/mol. The zero-order chi connectivity index (χ0) is 9.31. The highest BCUT2D eigenvalue weighted by atomic mass is 15.3. The van der Waals surface area contributed by atoms with E-state index in [1.165, 1.54) is 11.3 Å². The number of terminal acetylenes is 1. The molecule has 0 radical (unpaired) electrons. The zero-order valence-electron chi connectivity index (χ0n) is 7.96. The van der Waals surface area contributed by atoms with Crippen molar-refractivity contribution in [1.29, 1.82) is 0 Å². The first kappa shape index (κ1) is 8.34. The number of hydrogen-bond acceptors (Lipinski definition) is 0. The van der Waals surface area contributed by atoms with Crippen LogP contribution < -0.4 is 4.48 Å². The van der Waals surface area contributed by atoms with Crippen molar-refractivity contribution in [3.8, 4) is 12.3 Å². The molecule has 66 valence electrons. The molecule has 0 fully saturated rings. The lowest BCUT2D eigenvalue weighted by atomic mass is 10.2. The summed E-state index contributed by atoms with van der Waals surface area (Å²) in [5.74, 6) is 2.76. The minimum atomic E-state index is 0.803. The summed E-state index contributed by atoms with van der Waals surface area (Å²) in [5, 5.41) is 0. The molecule has 1 nitrogen and oxygen atoms in total. The molecule has 0 bridgehead atoms. The van der Waals surface area contributed by atoms with Crippen LogP contribution in [0.3, 0.4) is 0 Å². The first-order chi connectivity index (χ1) is 6.26. The van der Waals surface area contributed by atoms with E-state index in [2.05, 4.69) is 37.2 Å². The molecule has 13 heavy (non-hydrogen) atoms. The van der Waals surface area contributed by atoms with Crippen molar-refractivity contribution in [3.63, 3.8) is 0 Å². The van der Waals surface area contributed by atoms with E-state index < -0.39 is 0 Å². The second-order valence-corrected chi connectivity index (χ2v) is 3.86. The number of rotatable bonds is 1. The van der Waals surface area contributed by atoms with Gasteiger partial charge in [-0.15, -0.1) is 6.42 Å². The van der Waals surface area contributed by atoms with Crippen molar-refractivity contribution in [2.45, 2.75) is 6.42 Å². The number of likely N-dealkylation sites (N-methyl/N-ethyl adjacent to an activating group) is 1. The molecule has 1 atom stereocenters. The van der Waals surface area contributed by atoms with Crippen LogP contribution in [0.2, 0.25) is 0 Å². The summed E-state index contributed by atoms with van der Waals surface area (Å²) in [5.41, 5.74) is 2.86. The van der Waals surface area contributed by atoms with Gasteiger partial charge >= 0.3 is 0 Å². The molecule has 1 heteroatoms. The lowest BCUT2D eigenvalue weighted by Crippen LogP contribution is -2.43. The maximum Gasteiger partial charge on any atom is 0.145 e. The molecule has 1 heterocycles. The maximum atomic E-state index is 5.39. The van der Waals surface area contributed by atoms with Crippen molar-refractivity contribution in [2.75, 3.05) is 20.1 Å². The highest BCUT2D eigenvalue weighted by Crippen LogP contribution is 2.32. The van der Waals surface area contributed by atoms with Crippen LogP contribution in [0.5, 0.6) is 0 Å². The van der Waals surface area contributed by atoms with E-state index in [4.69, 9.17) is 6.42 Å². The molecule has 1 aliphatic heterocycles. The minimum Gasteiger partial charge on any atom is -0.283 e. The third-order valence-electron chi connectivity index (χ3n) is 2.89. The normalized spacial score (nSPS) is 25.2. The molecule has 0 N–H and O–H groups in total. The molecule has 0 saturated heterocycles. The SMILES string of the molecule is C#CC[N@@+]1(C)CCc2ccccc21. The second kappa shape index (κ2) is 2.90. The molecule has 2 rings (SSSR count). The van der Waals surface area contributed by atoms with Crippen molar-refractivity contribution in [3.05, 3.63) is 29.8 Å². The first-order valence-electron chi connectivity index (χ1n) is 4.63. The fraction of sp³-hybridized carbons (Fsp3) is 0.333. The lowest BCUT2D eigenvalue weighted by Gasteiger charge is -2.27. The Morgan fingerprint density at radius 1 is 1.46 bits per heavy atom. The highest BCUT2D eigenvalue weighted by Gasteiger charge is 2.32. The van der Waals surface area contributed by atoms with E-state index in [1.807, 2.05) is 0 Å². The largest absolute Gasteiger partial charge is 0.283 e. The van der Waals surface area contributed by atoms with Crippen LogP contribution in [-0.4, -0.2) is 20.1 Å². The average molecular weight is 172 g/mol. The van der Waals surface area contributed by atoms with Gasteiger partial charge in [-0.1, -0.05) is 18.2 Å². The quantitative estimate of drug-likeness (QED) is 0.447. The summed E-state index contributed by atoms with van der Waals surface area (Å²) < 4.78 is 0.909. The number of fused-ring (bicyclic) bond motifs is 1. The summed E-state index contributed by atoms with van der Waals surface area (Å²) in [6.07, 6.45) is 6.55. The summed E-state index contributed by atoms with van der Waals surface area (Å²) in [6, 6.07) is 8.59. The molecule has 1 aromatic carbocycles. The molecule has 0 unspecified atom stereocenters. The van der Waals surface area contributed by atoms with Crippen LogP contribution in [0, 0.1) is 12.3 Å². The van der Waals surface area contributed by atoms with Crippen LogP contribution in [0.15, 0.2) is 24.3 Å². The Kier molecular flexibility index (Phi) is 1.86. The predicted octanol–water partition coefficient (Wildman–Crippen LogP) is 1.81. The van der Waals surface area contributed by atoms with Crippen LogP contribution in [0.25, 0.3) is 0 Å². The van der Waals surface area contributed by atoms with E-state index in [0.717, 1.165) is 24.0 Å². The van der Waals surface area contributed by atoms with E-state index in [9.17, 15) is 0 Å². The summed E-state index contributed by atoms with van der Waals surface area (Å²) in [4.78, 5) is 0. The second-order valence-electron chi connectivity index (χ2n) is 3.86. The molecule has 0 aliphatic carbocycles. The summed E-state index contributed by atoms with van der Waals surface area (Å²) in [6.45, 7) is 1.94. The number of quaternary nitrogens is 1. The van der Waals surface area contributed by atoms with Gasteiger partial charge < -0.3 is 0 Å². The van der Waals surface area contributed by atoms with Gasteiger partial charge in [0.05, 0.1) is 13.6 Å². The van der Waals surface area contributed by atoms with Gasteiger partial charge in [-0.05, 0) is 12.0 Å². The van der Waals surface area contributed by atoms with Crippen molar-refractivity contribution in [2.24, 2.45) is 0 Å². The smallest absolute Gasteiger partial charge is 0.145 e. The Morgan fingerprint density at radius 2 is 2.23 bits per heavy atom. The van der Waals surface area contributed by atoms with Crippen LogP contribution >= 0.6 is 0 Å². The minimum absolute atomic E-state index is 0.803. The molecular formula is C12H14N+. The summed E-state index contributed by atoms with van der Waals surface area (Å²) in [7, 11) is 2.21. The van der Waals surface area contributed by atoms with E-state index in [-0.39, 0.29) is 0 Å². The van der Waals surface area contributed by atoms with Crippen LogP contribution in [0.4, 0.5) is 5.69 Å². The number of benzene rings is 1. The van der Waals surface area contributed by atoms with Gasteiger partial charge in [-0.2, -0.15) is 0 Å². The number of hydrogen-bond donors (Lipinski definition) is 0. The Bertz CT molecular complexity index is 362. The molecular weight excluding hydrogens is 158 g/mol. The van der Waals surface area contributed by atoms with E-state index in [0.29, 0.717) is 0 Å². The average Bonchev–Trinajstić information content (AvgIpc) is 2.46. The lowest BCUT2D eigenvalue weighted by molar-refractivity contribution is 0.400. The van der Waals surface area contributed by atoms with Gasteiger partial charge in [0.1, 0.15) is 12.2 Å². The van der Waals surface area contributed by atoms with Crippen LogP contribution in [0.1, 0.15) is 5.56 Å². The fourth-order valence-corrected chi connectivity index (χ4v) is 2.10. The van der Waals surface area contributed by atoms with Gasteiger partial charge in [-0.25, -0.2) is 0 Å².